The molecule has 392 valence electrons. The van der Waals surface area contributed by atoms with E-state index in [4.69, 9.17) is 9.05 Å². The lowest BCUT2D eigenvalue weighted by molar-refractivity contribution is -0.870. The Hall–Kier alpha value is -1.02. The first-order valence-electron chi connectivity index (χ1n) is 28.7. The summed E-state index contributed by atoms with van der Waals surface area (Å²) in [6.45, 7) is 4.67. The van der Waals surface area contributed by atoms with Crippen molar-refractivity contribution < 1.29 is 32.9 Å². The molecule has 0 aromatic rings. The molecule has 0 aromatic heterocycles. The average Bonchev–Trinajstić information content (AvgIpc) is 3.28. The summed E-state index contributed by atoms with van der Waals surface area (Å²) in [5.74, 6) is -0.203. The topological polar surface area (TPSA) is 108 Å². The number of nitrogens with zero attached hydrogens (tertiary/aromatic N) is 1. The molecule has 0 aliphatic carbocycles. The number of nitrogens with one attached hydrogen (secondary N) is 1. The van der Waals surface area contributed by atoms with Gasteiger partial charge in [0.05, 0.1) is 39.9 Å². The highest BCUT2D eigenvalue weighted by Crippen LogP contribution is 2.38. The molecule has 3 unspecified atom stereocenters. The summed E-state index contributed by atoms with van der Waals surface area (Å²) in [6.07, 6.45) is 61.2. The van der Waals surface area contributed by atoms with Gasteiger partial charge in [0.25, 0.3) is 7.82 Å². The molecule has 1 amide bonds. The lowest BCUT2D eigenvalue weighted by atomic mass is 10.0. The number of quaternary nitrogens is 1. The van der Waals surface area contributed by atoms with Gasteiger partial charge in [-0.2, -0.15) is 0 Å². The van der Waals surface area contributed by atoms with Gasteiger partial charge in [0, 0.05) is 6.42 Å². The van der Waals surface area contributed by atoms with Crippen molar-refractivity contribution in [2.45, 2.75) is 296 Å². The zero-order valence-corrected chi connectivity index (χ0v) is 45.6. The van der Waals surface area contributed by atoms with Crippen molar-refractivity contribution in [3.63, 3.8) is 0 Å². The fourth-order valence-electron chi connectivity index (χ4n) is 8.62. The number of phosphoric acid groups is 1. The van der Waals surface area contributed by atoms with E-state index in [1.165, 1.54) is 212 Å². The van der Waals surface area contributed by atoms with E-state index in [2.05, 4.69) is 31.3 Å². The SMILES string of the molecule is CCCCCCCC/C=C\CCCCCCCC(=O)NC(COP(=O)([O-])OCC[N+](C)(C)C)C(O)/C=C/CCCCCCCCCCCCCCCCCCCCCCCCCCCCC. The fourth-order valence-corrected chi connectivity index (χ4v) is 9.34. The number of rotatable bonds is 53. The van der Waals surface area contributed by atoms with Crippen LogP contribution >= 0.6 is 7.82 Å². The molecule has 3 atom stereocenters. The van der Waals surface area contributed by atoms with Crippen LogP contribution in [0.3, 0.4) is 0 Å². The minimum atomic E-state index is -4.59. The Balaban J connectivity index is 4.13. The maximum atomic E-state index is 12.9. The lowest BCUT2D eigenvalue weighted by Gasteiger charge is -2.29. The van der Waals surface area contributed by atoms with Gasteiger partial charge in [0.1, 0.15) is 13.2 Å². The third-order valence-electron chi connectivity index (χ3n) is 13.2. The van der Waals surface area contributed by atoms with E-state index in [0.29, 0.717) is 17.4 Å². The van der Waals surface area contributed by atoms with Gasteiger partial charge in [0.2, 0.25) is 5.91 Å². The van der Waals surface area contributed by atoms with Crippen LogP contribution < -0.4 is 10.2 Å². The molecular weight excluding hydrogens is 840 g/mol. The van der Waals surface area contributed by atoms with Gasteiger partial charge < -0.3 is 28.8 Å². The number of hydrogen-bond acceptors (Lipinski definition) is 6. The van der Waals surface area contributed by atoms with Crippen LogP contribution in [0.15, 0.2) is 24.3 Å². The molecule has 8 nitrogen and oxygen atoms in total. The maximum Gasteiger partial charge on any atom is 0.268 e. The second-order valence-electron chi connectivity index (χ2n) is 21.0. The Kier molecular flexibility index (Phi) is 48.2. The molecule has 0 spiro atoms. The number of allylic oxidation sites excluding steroid dienone is 3. The van der Waals surface area contributed by atoms with Crippen LogP contribution in [0.2, 0.25) is 0 Å². The van der Waals surface area contributed by atoms with E-state index in [1.807, 2.05) is 27.2 Å². The Bertz CT molecular complexity index is 1130. The Morgan fingerprint density at radius 2 is 0.833 bits per heavy atom. The van der Waals surface area contributed by atoms with E-state index in [0.717, 1.165) is 51.4 Å². The Morgan fingerprint density at radius 3 is 1.18 bits per heavy atom. The first kappa shape index (κ1) is 65.0. The standard InChI is InChI=1S/C57H113N2O6P/c1-6-8-10-12-14-16-18-20-22-23-24-25-26-27-28-29-30-31-32-33-34-35-37-38-40-42-44-46-48-50-56(60)55(54-65-66(62,63)64-53-52-59(3,4)5)58-57(61)51-49-47-45-43-41-39-36-21-19-17-15-13-11-9-7-2/h21,36,48,50,55-56,60H,6-20,22-35,37-47,49,51-54H2,1-5H3,(H-,58,61,62,63)/b36-21-,50-48+. The van der Waals surface area contributed by atoms with Crippen LogP contribution in [0.4, 0.5) is 0 Å². The highest BCUT2D eigenvalue weighted by molar-refractivity contribution is 7.45. The molecule has 0 aliphatic rings. The molecule has 0 heterocycles. The van der Waals surface area contributed by atoms with Crippen molar-refractivity contribution >= 4 is 13.7 Å². The van der Waals surface area contributed by atoms with Crippen molar-refractivity contribution in [2.75, 3.05) is 40.9 Å². The molecule has 0 radical (unpaired) electrons. The zero-order valence-electron chi connectivity index (χ0n) is 44.7. The first-order valence-corrected chi connectivity index (χ1v) is 30.2. The molecule has 9 heteroatoms. The van der Waals surface area contributed by atoms with Crippen molar-refractivity contribution in [1.82, 2.24) is 5.32 Å². The molecule has 0 rings (SSSR count). The van der Waals surface area contributed by atoms with Gasteiger partial charge in [-0.3, -0.25) is 9.36 Å². The lowest BCUT2D eigenvalue weighted by Crippen LogP contribution is -2.45. The highest BCUT2D eigenvalue weighted by atomic mass is 31.2. The van der Waals surface area contributed by atoms with Crippen molar-refractivity contribution in [2.24, 2.45) is 0 Å². The quantitative estimate of drug-likeness (QED) is 0.0272. The third-order valence-corrected chi connectivity index (χ3v) is 14.1. The first-order chi connectivity index (χ1) is 32.0. The number of amides is 1. The number of likely N-dealkylation sites (N-methyl/N-ethyl adjacent to an activating group) is 1. The van der Waals surface area contributed by atoms with Crippen LogP contribution in [-0.4, -0.2) is 68.5 Å². The van der Waals surface area contributed by atoms with E-state index < -0.39 is 20.0 Å². The molecule has 0 aliphatic heterocycles. The van der Waals surface area contributed by atoms with Crippen LogP contribution in [0, 0.1) is 0 Å². The van der Waals surface area contributed by atoms with Gasteiger partial charge in [0.15, 0.2) is 0 Å². The van der Waals surface area contributed by atoms with Crippen molar-refractivity contribution in [3.05, 3.63) is 24.3 Å². The molecule has 0 saturated carbocycles. The molecule has 0 saturated heterocycles. The predicted octanol–water partition coefficient (Wildman–Crippen LogP) is 16.6. The number of hydrogen-bond donors (Lipinski definition) is 2. The van der Waals surface area contributed by atoms with E-state index in [-0.39, 0.29) is 19.1 Å². The summed E-state index contributed by atoms with van der Waals surface area (Å²) in [6, 6.07) is -0.889. The second kappa shape index (κ2) is 49.0. The number of unbranched alkanes of at least 4 members (excludes halogenated alkanes) is 38. The van der Waals surface area contributed by atoms with Gasteiger partial charge in [-0.05, 0) is 44.9 Å². The number of carbonyl (C=O) groups is 1. The third kappa shape index (κ3) is 50.8. The molecule has 66 heavy (non-hydrogen) atoms. The second-order valence-corrected chi connectivity index (χ2v) is 22.4. The highest BCUT2D eigenvalue weighted by Gasteiger charge is 2.23. The van der Waals surface area contributed by atoms with Crippen LogP contribution in [0.1, 0.15) is 284 Å². The van der Waals surface area contributed by atoms with E-state index in [9.17, 15) is 19.4 Å². The number of aliphatic hydroxyl groups is 1. The zero-order chi connectivity index (χ0) is 48.5. The van der Waals surface area contributed by atoms with Crippen LogP contribution in [0.25, 0.3) is 0 Å². The monoisotopic (exact) mass is 953 g/mol. The normalized spacial score (nSPS) is 14.1. The smallest absolute Gasteiger partial charge is 0.268 e. The summed E-state index contributed by atoms with van der Waals surface area (Å²) in [7, 11) is 1.27. The molecule has 0 bridgehead atoms. The van der Waals surface area contributed by atoms with Gasteiger partial charge in [-0.25, -0.2) is 0 Å². The molecule has 2 N–H and O–H groups in total. The van der Waals surface area contributed by atoms with Gasteiger partial charge >= 0.3 is 0 Å². The van der Waals surface area contributed by atoms with E-state index in [1.54, 1.807) is 6.08 Å². The summed E-state index contributed by atoms with van der Waals surface area (Å²) in [5, 5.41) is 13.9. The molecular formula is C57H113N2O6P. The Morgan fingerprint density at radius 1 is 0.515 bits per heavy atom. The summed E-state index contributed by atoms with van der Waals surface area (Å²) < 4.78 is 23.3. The maximum absolute atomic E-state index is 12.9. The molecule has 0 aromatic carbocycles. The summed E-state index contributed by atoms with van der Waals surface area (Å²) in [5.41, 5.74) is 0. The minimum absolute atomic E-state index is 0.00110. The Labute approximate surface area is 411 Å². The summed E-state index contributed by atoms with van der Waals surface area (Å²) >= 11 is 0. The molecule has 0 fully saturated rings. The van der Waals surface area contributed by atoms with Crippen molar-refractivity contribution in [3.8, 4) is 0 Å². The number of aliphatic hydroxyl groups excluding tert-OH is 1. The predicted molar refractivity (Wildman–Crippen MR) is 284 cm³/mol. The number of carbonyl (C=O) groups excluding carboxylic acids is 1. The summed E-state index contributed by atoms with van der Waals surface area (Å²) in [4.78, 5) is 25.4. The van der Waals surface area contributed by atoms with Crippen molar-refractivity contribution in [1.29, 1.82) is 0 Å². The minimum Gasteiger partial charge on any atom is -0.756 e. The van der Waals surface area contributed by atoms with Gasteiger partial charge in [-0.15, -0.1) is 0 Å². The van der Waals surface area contributed by atoms with E-state index >= 15 is 0 Å². The fraction of sp³-hybridized carbons (Fsp3) is 0.912. The van der Waals surface area contributed by atoms with Crippen LogP contribution in [0.5, 0.6) is 0 Å². The number of phosphoric ester groups is 1. The average molecular weight is 954 g/mol. The largest absolute Gasteiger partial charge is 0.756 e. The van der Waals surface area contributed by atoms with Crippen LogP contribution in [-0.2, 0) is 18.4 Å². The van der Waals surface area contributed by atoms with Gasteiger partial charge in [-0.1, -0.05) is 256 Å².